The molecule has 0 aliphatic heterocycles. The molecular formula is C12H15F2NO4S. The molecule has 112 valence electrons. The molecule has 1 rings (SSSR count). The van der Waals surface area contributed by atoms with E-state index in [1.807, 2.05) is 0 Å². The van der Waals surface area contributed by atoms with E-state index in [2.05, 4.69) is 4.72 Å². The van der Waals surface area contributed by atoms with E-state index < -0.39 is 38.4 Å². The van der Waals surface area contributed by atoms with Crippen molar-refractivity contribution in [1.29, 1.82) is 0 Å². The molecule has 1 aromatic carbocycles. The van der Waals surface area contributed by atoms with Gasteiger partial charge in [-0.15, -0.1) is 0 Å². The summed E-state index contributed by atoms with van der Waals surface area (Å²) in [5, 5.41) is 8.66. The van der Waals surface area contributed by atoms with E-state index in [1.165, 1.54) is 0 Å². The summed E-state index contributed by atoms with van der Waals surface area (Å²) < 4.78 is 52.0. The molecule has 1 aromatic rings. The Morgan fingerprint density at radius 2 is 2.05 bits per heavy atom. The Balaban J connectivity index is 2.82. The number of sulfonamides is 1. The van der Waals surface area contributed by atoms with Crippen LogP contribution in [0.15, 0.2) is 23.1 Å². The van der Waals surface area contributed by atoms with Crippen LogP contribution in [0.1, 0.15) is 19.8 Å². The summed E-state index contributed by atoms with van der Waals surface area (Å²) in [5.41, 5.74) is 0. The molecule has 0 fully saturated rings. The highest BCUT2D eigenvalue weighted by Crippen LogP contribution is 2.16. The summed E-state index contributed by atoms with van der Waals surface area (Å²) in [4.78, 5) is 9.91. The van der Waals surface area contributed by atoms with Crippen molar-refractivity contribution in [3.05, 3.63) is 29.8 Å². The zero-order valence-corrected chi connectivity index (χ0v) is 11.6. The van der Waals surface area contributed by atoms with E-state index in [9.17, 15) is 22.0 Å². The highest BCUT2D eigenvalue weighted by atomic mass is 32.2. The smallest absolute Gasteiger partial charge is 0.303 e. The zero-order chi connectivity index (χ0) is 15.3. The molecule has 1 atom stereocenters. The van der Waals surface area contributed by atoms with Crippen molar-refractivity contribution in [3.8, 4) is 0 Å². The van der Waals surface area contributed by atoms with Crippen molar-refractivity contribution in [2.45, 2.75) is 24.7 Å². The van der Waals surface area contributed by atoms with Crippen molar-refractivity contribution >= 4 is 16.0 Å². The number of benzene rings is 1. The number of hydrogen-bond acceptors (Lipinski definition) is 3. The topological polar surface area (TPSA) is 83.5 Å². The molecular weight excluding hydrogens is 292 g/mol. The normalized spacial score (nSPS) is 13.2. The SMILES string of the molecule is CCC(CNS(=O)(=O)c1ccc(F)cc1F)CC(=O)O. The van der Waals surface area contributed by atoms with Gasteiger partial charge in [-0.05, 0) is 18.1 Å². The van der Waals surface area contributed by atoms with Gasteiger partial charge in [0.2, 0.25) is 10.0 Å². The predicted octanol–water partition coefficient (Wildman–Crippen LogP) is 1.74. The Morgan fingerprint density at radius 1 is 1.40 bits per heavy atom. The molecule has 1 unspecified atom stereocenters. The van der Waals surface area contributed by atoms with E-state index in [-0.39, 0.29) is 13.0 Å². The predicted molar refractivity (Wildman–Crippen MR) is 67.6 cm³/mol. The van der Waals surface area contributed by atoms with E-state index in [0.717, 1.165) is 12.1 Å². The monoisotopic (exact) mass is 307 g/mol. The largest absolute Gasteiger partial charge is 0.481 e. The first-order valence-corrected chi connectivity index (χ1v) is 7.41. The Hall–Kier alpha value is -1.54. The second kappa shape index (κ2) is 6.76. The van der Waals surface area contributed by atoms with E-state index in [0.29, 0.717) is 12.5 Å². The number of nitrogens with one attached hydrogen (secondary N) is 1. The summed E-state index contributed by atoms with van der Waals surface area (Å²) in [6, 6.07) is 2.14. The van der Waals surface area contributed by atoms with Crippen molar-refractivity contribution in [3.63, 3.8) is 0 Å². The third-order valence-corrected chi connectivity index (χ3v) is 4.24. The summed E-state index contributed by atoms with van der Waals surface area (Å²) in [6.45, 7) is 1.60. The van der Waals surface area contributed by atoms with Gasteiger partial charge in [-0.25, -0.2) is 21.9 Å². The first-order valence-electron chi connectivity index (χ1n) is 5.92. The molecule has 0 heterocycles. The van der Waals surface area contributed by atoms with Crippen LogP contribution in [0.4, 0.5) is 8.78 Å². The average molecular weight is 307 g/mol. The lowest BCUT2D eigenvalue weighted by atomic mass is 10.0. The van der Waals surface area contributed by atoms with Crippen molar-refractivity contribution in [2.24, 2.45) is 5.92 Å². The molecule has 0 amide bonds. The summed E-state index contributed by atoms with van der Waals surface area (Å²) in [5.74, 6) is -3.50. The average Bonchev–Trinajstić information content (AvgIpc) is 2.33. The van der Waals surface area contributed by atoms with Gasteiger partial charge >= 0.3 is 5.97 Å². The first-order chi connectivity index (χ1) is 9.26. The summed E-state index contributed by atoms with van der Waals surface area (Å²) in [7, 11) is -4.13. The molecule has 0 radical (unpaired) electrons. The van der Waals surface area contributed by atoms with Gasteiger partial charge in [-0.1, -0.05) is 13.3 Å². The van der Waals surface area contributed by atoms with E-state index in [4.69, 9.17) is 5.11 Å². The maximum absolute atomic E-state index is 13.4. The van der Waals surface area contributed by atoms with Gasteiger partial charge in [0.25, 0.3) is 0 Å². The van der Waals surface area contributed by atoms with Crippen molar-refractivity contribution in [2.75, 3.05) is 6.54 Å². The number of carbonyl (C=O) groups is 1. The highest BCUT2D eigenvalue weighted by Gasteiger charge is 2.21. The summed E-state index contributed by atoms with van der Waals surface area (Å²) in [6.07, 6.45) is 0.269. The van der Waals surface area contributed by atoms with Gasteiger partial charge in [0.1, 0.15) is 16.5 Å². The lowest BCUT2D eigenvalue weighted by Crippen LogP contribution is -2.30. The molecule has 0 aliphatic carbocycles. The standard InChI is InChI=1S/C12H15F2NO4S/c1-2-8(5-12(16)17)7-15-20(18,19)11-4-3-9(13)6-10(11)14/h3-4,6,8,15H,2,5,7H2,1H3,(H,16,17). The minimum absolute atomic E-state index is 0.123. The van der Waals surface area contributed by atoms with Crippen molar-refractivity contribution < 1.29 is 27.1 Å². The number of aliphatic carboxylic acids is 1. The number of carboxylic acids is 1. The highest BCUT2D eigenvalue weighted by molar-refractivity contribution is 7.89. The third-order valence-electron chi connectivity index (χ3n) is 2.79. The van der Waals surface area contributed by atoms with Crippen LogP contribution in [0.5, 0.6) is 0 Å². The fourth-order valence-electron chi connectivity index (χ4n) is 1.61. The quantitative estimate of drug-likeness (QED) is 0.804. The Morgan fingerprint density at radius 3 is 2.55 bits per heavy atom. The van der Waals surface area contributed by atoms with Crippen LogP contribution in [0, 0.1) is 17.6 Å². The Bertz CT molecular complexity index is 589. The number of hydrogen-bond donors (Lipinski definition) is 2. The molecule has 20 heavy (non-hydrogen) atoms. The molecule has 2 N–H and O–H groups in total. The number of halogens is 2. The molecule has 0 saturated heterocycles. The third kappa shape index (κ3) is 4.53. The fraction of sp³-hybridized carbons (Fsp3) is 0.417. The van der Waals surface area contributed by atoms with Gasteiger partial charge in [-0.2, -0.15) is 0 Å². The fourth-order valence-corrected chi connectivity index (χ4v) is 2.78. The Kier molecular flexibility index (Phi) is 5.58. The Labute approximate surface area is 115 Å². The zero-order valence-electron chi connectivity index (χ0n) is 10.8. The van der Waals surface area contributed by atoms with Crippen LogP contribution < -0.4 is 4.72 Å². The maximum Gasteiger partial charge on any atom is 0.303 e. The molecule has 0 aromatic heterocycles. The number of rotatable bonds is 7. The first kappa shape index (κ1) is 16.5. The van der Waals surface area contributed by atoms with Crippen LogP contribution in [0.2, 0.25) is 0 Å². The van der Waals surface area contributed by atoms with Crippen LogP contribution in [-0.4, -0.2) is 26.0 Å². The van der Waals surface area contributed by atoms with Gasteiger partial charge < -0.3 is 5.11 Å². The molecule has 8 heteroatoms. The molecule has 0 aliphatic rings. The molecule has 0 spiro atoms. The number of carboxylic acid groups (broad SMARTS) is 1. The van der Waals surface area contributed by atoms with Gasteiger partial charge in [-0.3, -0.25) is 4.79 Å². The maximum atomic E-state index is 13.4. The molecule has 0 saturated carbocycles. The minimum atomic E-state index is -4.13. The van der Waals surface area contributed by atoms with Crippen LogP contribution >= 0.6 is 0 Å². The van der Waals surface area contributed by atoms with Gasteiger partial charge in [0.15, 0.2) is 0 Å². The van der Waals surface area contributed by atoms with Gasteiger partial charge in [0, 0.05) is 19.0 Å². The summed E-state index contributed by atoms with van der Waals surface area (Å²) >= 11 is 0. The van der Waals surface area contributed by atoms with Crippen LogP contribution in [0.25, 0.3) is 0 Å². The second-order valence-electron chi connectivity index (χ2n) is 4.30. The van der Waals surface area contributed by atoms with E-state index >= 15 is 0 Å². The molecule has 5 nitrogen and oxygen atoms in total. The minimum Gasteiger partial charge on any atom is -0.481 e. The van der Waals surface area contributed by atoms with E-state index in [1.54, 1.807) is 6.92 Å². The molecule has 0 bridgehead atoms. The van der Waals surface area contributed by atoms with Crippen LogP contribution in [0.3, 0.4) is 0 Å². The van der Waals surface area contributed by atoms with Crippen LogP contribution in [-0.2, 0) is 14.8 Å². The second-order valence-corrected chi connectivity index (χ2v) is 6.03. The van der Waals surface area contributed by atoms with Gasteiger partial charge in [0.05, 0.1) is 0 Å². The lowest BCUT2D eigenvalue weighted by Gasteiger charge is -2.14. The van der Waals surface area contributed by atoms with Crippen molar-refractivity contribution in [1.82, 2.24) is 4.72 Å². The lowest BCUT2D eigenvalue weighted by molar-refractivity contribution is -0.138.